The second-order valence-electron chi connectivity index (χ2n) is 4.14. The Bertz CT molecular complexity index is 503. The van der Waals surface area contributed by atoms with Gasteiger partial charge in [-0.1, -0.05) is 17.7 Å². The van der Waals surface area contributed by atoms with Gasteiger partial charge >= 0.3 is 0 Å². The van der Waals surface area contributed by atoms with E-state index in [2.05, 4.69) is 47.3 Å². The first-order valence-electron chi connectivity index (χ1n) is 5.84. The van der Waals surface area contributed by atoms with E-state index in [0.29, 0.717) is 0 Å². The average molecular weight is 227 g/mol. The molecule has 0 spiro atoms. The first-order chi connectivity index (χ1) is 8.20. The zero-order valence-corrected chi connectivity index (χ0v) is 10.5. The quantitative estimate of drug-likeness (QED) is 0.875. The van der Waals surface area contributed by atoms with Crippen LogP contribution in [0.1, 0.15) is 18.1 Å². The van der Waals surface area contributed by atoms with Crippen LogP contribution in [0.15, 0.2) is 30.6 Å². The Labute approximate surface area is 102 Å². The lowest BCUT2D eigenvalue weighted by molar-refractivity contribution is 1.12. The third kappa shape index (κ3) is 2.61. The van der Waals surface area contributed by atoms with Crippen LogP contribution in [-0.2, 0) is 0 Å². The highest BCUT2D eigenvalue weighted by atomic mass is 15.0. The topological polar surface area (TPSA) is 37.8 Å². The maximum atomic E-state index is 4.44. The Morgan fingerprint density at radius 2 is 1.94 bits per heavy atom. The molecule has 1 aromatic heterocycles. The Kier molecular flexibility index (Phi) is 3.38. The molecule has 0 aliphatic heterocycles. The standard InChI is InChI=1S/C14H17N3/c1-4-15-14-9-16-13(8-17-14)12-7-10(2)5-6-11(12)3/h5-9H,4H2,1-3H3,(H,15,17). The van der Waals surface area contributed by atoms with Crippen molar-refractivity contribution in [2.24, 2.45) is 0 Å². The molecular weight excluding hydrogens is 210 g/mol. The number of nitrogens with zero attached hydrogens (tertiary/aromatic N) is 2. The van der Waals surface area contributed by atoms with Gasteiger partial charge in [0.15, 0.2) is 0 Å². The highest BCUT2D eigenvalue weighted by Crippen LogP contribution is 2.22. The van der Waals surface area contributed by atoms with Gasteiger partial charge in [-0.3, -0.25) is 4.98 Å². The van der Waals surface area contributed by atoms with E-state index in [9.17, 15) is 0 Å². The molecular formula is C14H17N3. The molecule has 2 aromatic rings. The van der Waals surface area contributed by atoms with Crippen molar-refractivity contribution in [3.63, 3.8) is 0 Å². The predicted molar refractivity (Wildman–Crippen MR) is 71.1 cm³/mol. The monoisotopic (exact) mass is 227 g/mol. The van der Waals surface area contributed by atoms with Crippen LogP contribution in [0.2, 0.25) is 0 Å². The summed E-state index contributed by atoms with van der Waals surface area (Å²) in [5.74, 6) is 0.821. The van der Waals surface area contributed by atoms with E-state index in [0.717, 1.165) is 23.6 Å². The smallest absolute Gasteiger partial charge is 0.144 e. The lowest BCUT2D eigenvalue weighted by Crippen LogP contribution is -2.00. The molecule has 0 radical (unpaired) electrons. The molecule has 0 aliphatic rings. The molecule has 0 atom stereocenters. The lowest BCUT2D eigenvalue weighted by atomic mass is 10.0. The van der Waals surface area contributed by atoms with Gasteiger partial charge in [0.2, 0.25) is 0 Å². The summed E-state index contributed by atoms with van der Waals surface area (Å²) >= 11 is 0. The third-order valence-corrected chi connectivity index (χ3v) is 2.68. The zero-order chi connectivity index (χ0) is 12.3. The van der Waals surface area contributed by atoms with Gasteiger partial charge in [0, 0.05) is 12.1 Å². The minimum absolute atomic E-state index is 0.821. The average Bonchev–Trinajstić information content (AvgIpc) is 2.34. The van der Waals surface area contributed by atoms with E-state index in [4.69, 9.17) is 0 Å². The van der Waals surface area contributed by atoms with Gasteiger partial charge < -0.3 is 5.32 Å². The maximum Gasteiger partial charge on any atom is 0.144 e. The summed E-state index contributed by atoms with van der Waals surface area (Å²) in [5.41, 5.74) is 4.54. The summed E-state index contributed by atoms with van der Waals surface area (Å²) in [7, 11) is 0. The molecule has 0 fully saturated rings. The van der Waals surface area contributed by atoms with Crippen LogP contribution >= 0.6 is 0 Å². The second kappa shape index (κ2) is 4.95. The molecule has 3 heteroatoms. The zero-order valence-electron chi connectivity index (χ0n) is 10.5. The Balaban J connectivity index is 2.36. The minimum atomic E-state index is 0.821. The van der Waals surface area contributed by atoms with E-state index < -0.39 is 0 Å². The van der Waals surface area contributed by atoms with E-state index >= 15 is 0 Å². The van der Waals surface area contributed by atoms with E-state index in [1.54, 1.807) is 6.20 Å². The number of aryl methyl sites for hydroxylation is 2. The van der Waals surface area contributed by atoms with Crippen LogP contribution in [0, 0.1) is 13.8 Å². The van der Waals surface area contributed by atoms with E-state index in [1.807, 2.05) is 13.1 Å². The molecule has 1 N–H and O–H groups in total. The SMILES string of the molecule is CCNc1cnc(-c2cc(C)ccc2C)cn1. The van der Waals surface area contributed by atoms with Crippen LogP contribution in [0.4, 0.5) is 5.82 Å². The first kappa shape index (κ1) is 11.6. The summed E-state index contributed by atoms with van der Waals surface area (Å²) in [4.78, 5) is 8.79. The number of nitrogens with one attached hydrogen (secondary N) is 1. The van der Waals surface area contributed by atoms with Crippen molar-refractivity contribution in [2.75, 3.05) is 11.9 Å². The summed E-state index contributed by atoms with van der Waals surface area (Å²) in [6.45, 7) is 7.08. The van der Waals surface area contributed by atoms with Crippen molar-refractivity contribution in [2.45, 2.75) is 20.8 Å². The number of hydrogen-bond donors (Lipinski definition) is 1. The molecule has 17 heavy (non-hydrogen) atoms. The lowest BCUT2D eigenvalue weighted by Gasteiger charge is -2.07. The molecule has 0 saturated carbocycles. The van der Waals surface area contributed by atoms with Gasteiger partial charge in [-0.25, -0.2) is 4.98 Å². The Morgan fingerprint density at radius 1 is 1.12 bits per heavy atom. The van der Waals surface area contributed by atoms with Crippen molar-refractivity contribution in [1.82, 2.24) is 9.97 Å². The fourth-order valence-electron chi connectivity index (χ4n) is 1.75. The normalized spacial score (nSPS) is 10.3. The van der Waals surface area contributed by atoms with Gasteiger partial charge in [0.25, 0.3) is 0 Å². The van der Waals surface area contributed by atoms with Crippen LogP contribution in [0.5, 0.6) is 0 Å². The number of aromatic nitrogens is 2. The maximum absolute atomic E-state index is 4.44. The molecule has 88 valence electrons. The Morgan fingerprint density at radius 3 is 2.59 bits per heavy atom. The van der Waals surface area contributed by atoms with Crippen LogP contribution in [0.25, 0.3) is 11.3 Å². The molecule has 2 rings (SSSR count). The largest absolute Gasteiger partial charge is 0.369 e. The predicted octanol–water partition coefficient (Wildman–Crippen LogP) is 3.19. The fourth-order valence-corrected chi connectivity index (χ4v) is 1.75. The Hall–Kier alpha value is -1.90. The minimum Gasteiger partial charge on any atom is -0.369 e. The van der Waals surface area contributed by atoms with Gasteiger partial charge in [-0.15, -0.1) is 0 Å². The van der Waals surface area contributed by atoms with Crippen molar-refractivity contribution >= 4 is 5.82 Å². The molecule has 0 unspecified atom stereocenters. The molecule has 0 amide bonds. The van der Waals surface area contributed by atoms with Crippen LogP contribution in [-0.4, -0.2) is 16.5 Å². The van der Waals surface area contributed by atoms with Crippen LogP contribution < -0.4 is 5.32 Å². The van der Waals surface area contributed by atoms with Gasteiger partial charge in [0.05, 0.1) is 18.1 Å². The molecule has 0 saturated heterocycles. The molecule has 3 nitrogen and oxygen atoms in total. The summed E-state index contributed by atoms with van der Waals surface area (Å²) in [6, 6.07) is 6.37. The van der Waals surface area contributed by atoms with Crippen molar-refractivity contribution < 1.29 is 0 Å². The number of anilines is 1. The van der Waals surface area contributed by atoms with Crippen molar-refractivity contribution in [3.8, 4) is 11.3 Å². The van der Waals surface area contributed by atoms with E-state index in [-0.39, 0.29) is 0 Å². The first-order valence-corrected chi connectivity index (χ1v) is 5.84. The van der Waals surface area contributed by atoms with Crippen molar-refractivity contribution in [3.05, 3.63) is 41.7 Å². The number of hydrogen-bond acceptors (Lipinski definition) is 3. The van der Waals surface area contributed by atoms with Gasteiger partial charge in [-0.2, -0.15) is 0 Å². The number of benzene rings is 1. The summed E-state index contributed by atoms with van der Waals surface area (Å²) < 4.78 is 0. The molecule has 1 heterocycles. The number of rotatable bonds is 3. The van der Waals surface area contributed by atoms with E-state index in [1.165, 1.54) is 11.1 Å². The van der Waals surface area contributed by atoms with Crippen LogP contribution in [0.3, 0.4) is 0 Å². The third-order valence-electron chi connectivity index (χ3n) is 2.68. The highest BCUT2D eigenvalue weighted by molar-refractivity contribution is 5.64. The molecule has 0 aliphatic carbocycles. The second-order valence-corrected chi connectivity index (χ2v) is 4.14. The summed E-state index contributed by atoms with van der Waals surface area (Å²) in [5, 5.41) is 3.14. The van der Waals surface area contributed by atoms with Crippen molar-refractivity contribution in [1.29, 1.82) is 0 Å². The molecule has 0 bridgehead atoms. The van der Waals surface area contributed by atoms with Gasteiger partial charge in [0.1, 0.15) is 5.82 Å². The molecule has 1 aromatic carbocycles. The highest BCUT2D eigenvalue weighted by Gasteiger charge is 2.04. The van der Waals surface area contributed by atoms with Gasteiger partial charge in [-0.05, 0) is 32.4 Å². The summed E-state index contributed by atoms with van der Waals surface area (Å²) in [6.07, 6.45) is 3.60. The fraction of sp³-hybridized carbons (Fsp3) is 0.286.